The van der Waals surface area contributed by atoms with E-state index in [9.17, 15) is 4.39 Å². The molecule has 2 nitrogen and oxygen atoms in total. The first-order chi connectivity index (χ1) is 8.29. The van der Waals surface area contributed by atoms with Gasteiger partial charge in [-0.2, -0.15) is 0 Å². The molecule has 0 bridgehead atoms. The summed E-state index contributed by atoms with van der Waals surface area (Å²) in [6, 6.07) is 4.01. The maximum Gasteiger partial charge on any atom is 0.110 e. The van der Waals surface area contributed by atoms with Crippen LogP contribution < -0.4 is 5.32 Å². The van der Waals surface area contributed by atoms with Gasteiger partial charge in [-0.1, -0.05) is 13.0 Å². The van der Waals surface area contributed by atoms with E-state index in [1.807, 2.05) is 18.3 Å². The Morgan fingerprint density at radius 1 is 1.53 bits per heavy atom. The molecular formula is C14H21FN2. The normalized spacial score (nSPS) is 22.4. The average molecular weight is 236 g/mol. The average Bonchev–Trinajstić information content (AvgIpc) is 2.40. The van der Waals surface area contributed by atoms with E-state index in [0.717, 1.165) is 38.0 Å². The number of hydrogen-bond donors (Lipinski definition) is 1. The molecule has 2 unspecified atom stereocenters. The molecule has 2 heterocycles. The van der Waals surface area contributed by atoms with Crippen LogP contribution in [0.4, 0.5) is 4.39 Å². The molecule has 1 aliphatic rings. The maximum absolute atomic E-state index is 14.1. The molecule has 17 heavy (non-hydrogen) atoms. The van der Waals surface area contributed by atoms with Crippen molar-refractivity contribution in [2.75, 3.05) is 13.1 Å². The van der Waals surface area contributed by atoms with Crippen LogP contribution in [0.1, 0.15) is 31.0 Å². The molecule has 2 rings (SSSR count). The van der Waals surface area contributed by atoms with E-state index in [4.69, 9.17) is 0 Å². The summed E-state index contributed by atoms with van der Waals surface area (Å²) in [5, 5.41) is 3.26. The molecule has 1 N–H and O–H groups in total. The monoisotopic (exact) mass is 236 g/mol. The largest absolute Gasteiger partial charge is 0.316 e. The highest BCUT2D eigenvalue weighted by Gasteiger charge is 2.23. The van der Waals surface area contributed by atoms with Crippen LogP contribution >= 0.6 is 0 Å². The first-order valence-electron chi connectivity index (χ1n) is 6.58. The molecule has 0 amide bonds. The van der Waals surface area contributed by atoms with Gasteiger partial charge in [-0.3, -0.25) is 4.98 Å². The summed E-state index contributed by atoms with van der Waals surface area (Å²) in [4.78, 5) is 4.32. The molecule has 1 aliphatic heterocycles. The number of halogens is 1. The predicted molar refractivity (Wildman–Crippen MR) is 67.8 cm³/mol. The van der Waals surface area contributed by atoms with Crippen LogP contribution in [-0.2, 0) is 12.8 Å². The standard InChI is InChI=1S/C14H21FN2/c1-2-11-5-6-13(17-9-11)8-14(15)12-4-3-7-16-10-12/h5-6,9,12,14,16H,2-4,7-8,10H2,1H3. The topological polar surface area (TPSA) is 24.9 Å². The summed E-state index contributed by atoms with van der Waals surface area (Å²) in [6.45, 7) is 3.95. The van der Waals surface area contributed by atoms with Gasteiger partial charge in [0, 0.05) is 30.8 Å². The van der Waals surface area contributed by atoms with Crippen molar-refractivity contribution in [3.8, 4) is 0 Å². The van der Waals surface area contributed by atoms with Crippen LogP contribution in [0.15, 0.2) is 18.3 Å². The minimum Gasteiger partial charge on any atom is -0.316 e. The summed E-state index contributed by atoms with van der Waals surface area (Å²) in [7, 11) is 0. The van der Waals surface area contributed by atoms with Crippen molar-refractivity contribution in [3.63, 3.8) is 0 Å². The zero-order valence-corrected chi connectivity index (χ0v) is 10.5. The minimum absolute atomic E-state index is 0.163. The molecular weight excluding hydrogens is 215 g/mol. The van der Waals surface area contributed by atoms with E-state index in [2.05, 4.69) is 17.2 Å². The molecule has 94 valence electrons. The molecule has 1 aromatic rings. The fraction of sp³-hybridized carbons (Fsp3) is 0.643. The van der Waals surface area contributed by atoms with Gasteiger partial charge in [0.1, 0.15) is 6.17 Å². The van der Waals surface area contributed by atoms with Gasteiger partial charge in [-0.15, -0.1) is 0 Å². The molecule has 3 heteroatoms. The molecule has 2 atom stereocenters. The first kappa shape index (κ1) is 12.5. The van der Waals surface area contributed by atoms with Gasteiger partial charge >= 0.3 is 0 Å². The Kier molecular flexibility index (Phi) is 4.49. The third-order valence-corrected chi connectivity index (χ3v) is 3.54. The van der Waals surface area contributed by atoms with Gasteiger partial charge in [0.25, 0.3) is 0 Å². The van der Waals surface area contributed by atoms with Crippen molar-refractivity contribution in [2.45, 2.75) is 38.8 Å². The number of aromatic nitrogens is 1. The van der Waals surface area contributed by atoms with Gasteiger partial charge < -0.3 is 5.32 Å². The van der Waals surface area contributed by atoms with Gasteiger partial charge in [0.15, 0.2) is 0 Å². The van der Waals surface area contributed by atoms with E-state index in [1.54, 1.807) is 0 Å². The SMILES string of the molecule is CCc1ccc(CC(F)C2CCCNC2)nc1. The van der Waals surface area contributed by atoms with Crippen molar-refractivity contribution in [2.24, 2.45) is 5.92 Å². The zero-order valence-electron chi connectivity index (χ0n) is 10.5. The fourth-order valence-corrected chi connectivity index (χ4v) is 2.34. The minimum atomic E-state index is -0.761. The molecule has 0 radical (unpaired) electrons. The van der Waals surface area contributed by atoms with E-state index in [1.165, 1.54) is 5.56 Å². The Balaban J connectivity index is 1.89. The van der Waals surface area contributed by atoms with Crippen LogP contribution in [0.25, 0.3) is 0 Å². The Morgan fingerprint density at radius 2 is 2.41 bits per heavy atom. The smallest absolute Gasteiger partial charge is 0.110 e. The second-order valence-electron chi connectivity index (χ2n) is 4.84. The summed E-state index contributed by atoms with van der Waals surface area (Å²) >= 11 is 0. The van der Waals surface area contributed by atoms with Crippen LogP contribution in [0.2, 0.25) is 0 Å². The number of nitrogens with one attached hydrogen (secondary N) is 1. The maximum atomic E-state index is 14.1. The van der Waals surface area contributed by atoms with Crippen molar-refractivity contribution in [1.82, 2.24) is 10.3 Å². The summed E-state index contributed by atoms with van der Waals surface area (Å²) < 4.78 is 14.1. The first-order valence-corrected chi connectivity index (χ1v) is 6.58. The third kappa shape index (κ3) is 3.50. The predicted octanol–water partition coefficient (Wildman–Crippen LogP) is 2.52. The Morgan fingerprint density at radius 3 is 3.00 bits per heavy atom. The van der Waals surface area contributed by atoms with Crippen LogP contribution in [0.3, 0.4) is 0 Å². The number of piperidine rings is 1. The Hall–Kier alpha value is -0.960. The molecule has 0 spiro atoms. The number of aryl methyl sites for hydroxylation is 1. The highest BCUT2D eigenvalue weighted by Crippen LogP contribution is 2.20. The zero-order chi connectivity index (χ0) is 12.1. The molecule has 1 fully saturated rings. The summed E-state index contributed by atoms with van der Waals surface area (Å²) in [5.41, 5.74) is 2.09. The number of pyridine rings is 1. The van der Waals surface area contributed by atoms with E-state index >= 15 is 0 Å². The van der Waals surface area contributed by atoms with Crippen molar-refractivity contribution in [3.05, 3.63) is 29.6 Å². The lowest BCUT2D eigenvalue weighted by Gasteiger charge is -2.25. The lowest BCUT2D eigenvalue weighted by Crippen LogP contribution is -2.35. The molecule has 0 saturated carbocycles. The molecule has 1 saturated heterocycles. The lowest BCUT2D eigenvalue weighted by molar-refractivity contribution is 0.190. The molecule has 0 aromatic carbocycles. The molecule has 0 aliphatic carbocycles. The fourth-order valence-electron chi connectivity index (χ4n) is 2.34. The Bertz CT molecular complexity index is 331. The van der Waals surface area contributed by atoms with Gasteiger partial charge in [0.2, 0.25) is 0 Å². The number of nitrogens with zero attached hydrogens (tertiary/aromatic N) is 1. The van der Waals surface area contributed by atoms with E-state index < -0.39 is 6.17 Å². The van der Waals surface area contributed by atoms with Gasteiger partial charge in [-0.05, 0) is 37.4 Å². The highest BCUT2D eigenvalue weighted by molar-refractivity contribution is 5.14. The van der Waals surface area contributed by atoms with E-state index in [0.29, 0.717) is 6.42 Å². The van der Waals surface area contributed by atoms with Crippen LogP contribution in [0, 0.1) is 5.92 Å². The van der Waals surface area contributed by atoms with Crippen molar-refractivity contribution < 1.29 is 4.39 Å². The molecule has 1 aromatic heterocycles. The van der Waals surface area contributed by atoms with E-state index in [-0.39, 0.29) is 5.92 Å². The highest BCUT2D eigenvalue weighted by atomic mass is 19.1. The third-order valence-electron chi connectivity index (χ3n) is 3.54. The lowest BCUT2D eigenvalue weighted by atomic mass is 9.92. The number of alkyl halides is 1. The van der Waals surface area contributed by atoms with Crippen molar-refractivity contribution in [1.29, 1.82) is 0 Å². The second kappa shape index (κ2) is 6.10. The van der Waals surface area contributed by atoms with Crippen LogP contribution in [0.5, 0.6) is 0 Å². The van der Waals surface area contributed by atoms with Gasteiger partial charge in [-0.25, -0.2) is 4.39 Å². The summed E-state index contributed by atoms with van der Waals surface area (Å²) in [5.74, 6) is 0.163. The number of hydrogen-bond acceptors (Lipinski definition) is 2. The number of rotatable bonds is 4. The Labute approximate surface area is 103 Å². The quantitative estimate of drug-likeness (QED) is 0.869. The second-order valence-corrected chi connectivity index (χ2v) is 4.84. The van der Waals surface area contributed by atoms with Crippen molar-refractivity contribution >= 4 is 0 Å². The van der Waals surface area contributed by atoms with Gasteiger partial charge in [0.05, 0.1) is 0 Å². The summed E-state index contributed by atoms with van der Waals surface area (Å²) in [6.07, 6.45) is 4.63. The van der Waals surface area contributed by atoms with Crippen LogP contribution in [-0.4, -0.2) is 24.2 Å².